The fraction of sp³-hybridized carbons (Fsp3) is 0.447. The van der Waals surface area contributed by atoms with Crippen molar-refractivity contribution in [3.05, 3.63) is 95.6 Å². The van der Waals surface area contributed by atoms with Gasteiger partial charge >= 0.3 is 6.03 Å². The number of carbonyl (C=O) groups is 2. The number of amides is 3. The van der Waals surface area contributed by atoms with Gasteiger partial charge in [-0.1, -0.05) is 76.6 Å². The van der Waals surface area contributed by atoms with Gasteiger partial charge in [-0.25, -0.2) is 13.2 Å². The predicted octanol–water partition coefficient (Wildman–Crippen LogP) is 4.65. The first-order valence-electron chi connectivity index (χ1n) is 17.1. The Morgan fingerprint density at radius 1 is 1.00 bits per heavy atom. The van der Waals surface area contributed by atoms with Crippen molar-refractivity contribution in [1.82, 2.24) is 19.4 Å². The summed E-state index contributed by atoms with van der Waals surface area (Å²) >= 11 is 0. The van der Waals surface area contributed by atoms with Crippen molar-refractivity contribution >= 4 is 22.0 Å². The lowest BCUT2D eigenvalue weighted by Crippen LogP contribution is -2.57. The van der Waals surface area contributed by atoms with Gasteiger partial charge in [-0.05, 0) is 65.8 Å². The minimum Gasteiger partial charge on any atom is -0.497 e. The van der Waals surface area contributed by atoms with Gasteiger partial charge in [0.1, 0.15) is 11.8 Å². The zero-order valence-corrected chi connectivity index (χ0v) is 30.3. The Bertz CT molecular complexity index is 1730. The van der Waals surface area contributed by atoms with E-state index < -0.39 is 34.1 Å². The van der Waals surface area contributed by atoms with Crippen LogP contribution in [0.15, 0.2) is 83.8 Å². The second kappa shape index (κ2) is 17.5. The van der Waals surface area contributed by atoms with Gasteiger partial charge in [-0.3, -0.25) is 4.79 Å². The molecule has 0 unspecified atom stereocenters. The van der Waals surface area contributed by atoms with Crippen molar-refractivity contribution in [2.75, 3.05) is 33.3 Å². The Morgan fingerprint density at radius 2 is 1.68 bits per heavy atom. The van der Waals surface area contributed by atoms with Crippen molar-refractivity contribution in [1.29, 1.82) is 5.26 Å². The number of nitrogens with zero attached hydrogens (tertiary/aromatic N) is 4. The highest BCUT2D eigenvalue weighted by Gasteiger charge is 2.41. The van der Waals surface area contributed by atoms with E-state index >= 15 is 0 Å². The number of methoxy groups -OCH3 is 1. The monoisotopic (exact) mass is 703 g/mol. The molecule has 4 atom stereocenters. The molecule has 1 heterocycles. The molecule has 3 aromatic rings. The number of aliphatic hydroxyl groups excluding tert-OH is 1. The minimum atomic E-state index is -4.01. The summed E-state index contributed by atoms with van der Waals surface area (Å²) in [7, 11) is -2.51. The first-order chi connectivity index (χ1) is 23.9. The van der Waals surface area contributed by atoms with Gasteiger partial charge in [0, 0.05) is 32.7 Å². The molecule has 50 heavy (non-hydrogen) atoms. The summed E-state index contributed by atoms with van der Waals surface area (Å²) in [4.78, 5) is 31.3. The number of carbonyl (C=O) groups excluding carboxylic acids is 2. The van der Waals surface area contributed by atoms with Crippen molar-refractivity contribution in [2.45, 2.75) is 70.2 Å². The lowest BCUT2D eigenvalue weighted by atomic mass is 9.95. The highest BCUT2D eigenvalue weighted by Crippen LogP contribution is 2.25. The van der Waals surface area contributed by atoms with E-state index in [1.165, 1.54) is 23.5 Å². The average molecular weight is 704 g/mol. The Hall–Kier alpha value is -4.44. The maximum Gasteiger partial charge on any atom is 0.321 e. The normalized spacial score (nSPS) is 15.9. The number of urea groups is 1. The topological polar surface area (TPSA) is 143 Å². The fourth-order valence-corrected chi connectivity index (χ4v) is 7.85. The molecule has 268 valence electrons. The minimum absolute atomic E-state index is 0.0429. The summed E-state index contributed by atoms with van der Waals surface area (Å²) < 4.78 is 34.2. The van der Waals surface area contributed by atoms with Crippen molar-refractivity contribution in [2.24, 2.45) is 11.8 Å². The average Bonchev–Trinajstić information content (AvgIpc) is 3.46. The van der Waals surface area contributed by atoms with E-state index in [0.717, 1.165) is 11.1 Å². The standard InChI is InChI=1S/C38H49N5O6S/c1-6-28(4)36(43-20-19-41(38(43)46)25-31-14-10-13-30(21-31)23-39)37(45)40-34(22-29-11-8-7-9-12-29)35(44)26-42(24-27(2)3)50(47,48)33-17-15-32(49-5)16-18-33/h7-18,21,27-28,34-36,44H,6,19-20,22,24-26H2,1-5H3,(H,40,45)/t28-,34-,35+,36-/m0/s1. The maximum absolute atomic E-state index is 14.3. The molecule has 1 aliphatic heterocycles. The summed E-state index contributed by atoms with van der Waals surface area (Å²) in [6, 6.07) is 22.8. The molecule has 0 saturated carbocycles. The molecule has 0 spiro atoms. The zero-order valence-electron chi connectivity index (χ0n) is 29.5. The first kappa shape index (κ1) is 38.4. The molecular formula is C38H49N5O6S. The number of benzene rings is 3. The third-order valence-electron chi connectivity index (χ3n) is 9.09. The summed E-state index contributed by atoms with van der Waals surface area (Å²) in [5.74, 6) is -0.134. The van der Waals surface area contributed by atoms with Gasteiger partial charge in [0.05, 0.1) is 35.8 Å². The van der Waals surface area contributed by atoms with Gasteiger partial charge in [0.2, 0.25) is 15.9 Å². The smallest absolute Gasteiger partial charge is 0.321 e. The molecule has 1 fully saturated rings. The molecule has 2 N–H and O–H groups in total. The molecule has 0 aromatic heterocycles. The molecule has 12 heteroatoms. The predicted molar refractivity (Wildman–Crippen MR) is 192 cm³/mol. The summed E-state index contributed by atoms with van der Waals surface area (Å²) in [6.45, 7) is 8.65. The quantitative estimate of drug-likeness (QED) is 0.208. The number of sulfonamides is 1. The van der Waals surface area contributed by atoms with Gasteiger partial charge in [-0.2, -0.15) is 9.57 Å². The van der Waals surface area contributed by atoms with Crippen LogP contribution < -0.4 is 10.1 Å². The SMILES string of the molecule is CC[C@H](C)[C@@H](C(=O)N[C@@H](Cc1ccccc1)[C@H](O)CN(CC(C)C)S(=O)(=O)c1ccc(OC)cc1)N1CCN(Cc2cccc(C#N)c2)C1=O. The molecule has 0 aliphatic carbocycles. The Balaban J connectivity index is 1.59. The molecule has 4 rings (SSSR count). The molecule has 3 aromatic carbocycles. The van der Waals surface area contributed by atoms with Crippen LogP contribution in [-0.4, -0.2) is 91.0 Å². The van der Waals surface area contributed by atoms with E-state index in [9.17, 15) is 28.4 Å². The number of rotatable bonds is 17. The Labute approximate surface area is 296 Å². The highest BCUT2D eigenvalue weighted by molar-refractivity contribution is 7.89. The number of nitriles is 1. The molecule has 1 aliphatic rings. The summed E-state index contributed by atoms with van der Waals surface area (Å²) in [5, 5.41) is 24.1. The van der Waals surface area contributed by atoms with Crippen LogP contribution in [0.3, 0.4) is 0 Å². The number of hydrogen-bond donors (Lipinski definition) is 2. The van der Waals surface area contributed by atoms with Crippen LogP contribution in [0.1, 0.15) is 50.8 Å². The number of aliphatic hydroxyl groups is 1. The summed E-state index contributed by atoms with van der Waals surface area (Å²) in [5.41, 5.74) is 2.19. The van der Waals surface area contributed by atoms with Crippen molar-refractivity contribution < 1.29 is 27.9 Å². The van der Waals surface area contributed by atoms with E-state index in [1.54, 1.807) is 40.1 Å². The Morgan fingerprint density at radius 3 is 2.30 bits per heavy atom. The third kappa shape index (κ3) is 9.62. The Kier molecular flexibility index (Phi) is 13.4. The number of ether oxygens (including phenoxy) is 1. The molecular weight excluding hydrogens is 655 g/mol. The maximum atomic E-state index is 14.3. The first-order valence-corrected chi connectivity index (χ1v) is 18.5. The fourth-order valence-electron chi connectivity index (χ4n) is 6.23. The molecule has 11 nitrogen and oxygen atoms in total. The van der Waals surface area contributed by atoms with Crippen molar-refractivity contribution in [3.8, 4) is 11.8 Å². The summed E-state index contributed by atoms with van der Waals surface area (Å²) in [6.07, 6.45) is -0.407. The van der Waals surface area contributed by atoms with E-state index in [-0.39, 0.29) is 42.3 Å². The highest BCUT2D eigenvalue weighted by atomic mass is 32.2. The lowest BCUT2D eigenvalue weighted by Gasteiger charge is -2.35. The van der Waals surface area contributed by atoms with E-state index in [2.05, 4.69) is 11.4 Å². The molecule has 0 bridgehead atoms. The van der Waals surface area contributed by atoms with Gasteiger partial charge < -0.3 is 25.0 Å². The third-order valence-corrected chi connectivity index (χ3v) is 10.9. The molecule has 1 saturated heterocycles. The lowest BCUT2D eigenvalue weighted by molar-refractivity contribution is -0.128. The van der Waals surface area contributed by atoms with Crippen molar-refractivity contribution in [3.63, 3.8) is 0 Å². The van der Waals surface area contributed by atoms with Crippen LogP contribution in [0.25, 0.3) is 0 Å². The zero-order chi connectivity index (χ0) is 36.4. The van der Waals surface area contributed by atoms with E-state index in [1.807, 2.05) is 64.1 Å². The van der Waals surface area contributed by atoms with Crippen LogP contribution in [0.5, 0.6) is 5.75 Å². The van der Waals surface area contributed by atoms with Crippen LogP contribution >= 0.6 is 0 Å². The largest absolute Gasteiger partial charge is 0.497 e. The van der Waals surface area contributed by atoms with Gasteiger partial charge in [0.25, 0.3) is 0 Å². The van der Waals surface area contributed by atoms with Crippen LogP contribution in [0.4, 0.5) is 4.79 Å². The van der Waals surface area contributed by atoms with Gasteiger partial charge in [-0.15, -0.1) is 0 Å². The van der Waals surface area contributed by atoms with Crippen LogP contribution in [-0.2, 0) is 27.8 Å². The number of nitrogens with one attached hydrogen (secondary N) is 1. The van der Waals surface area contributed by atoms with Crippen LogP contribution in [0, 0.1) is 23.2 Å². The van der Waals surface area contributed by atoms with E-state index in [0.29, 0.717) is 37.4 Å². The molecule has 3 amide bonds. The van der Waals surface area contributed by atoms with E-state index in [4.69, 9.17) is 4.74 Å². The van der Waals surface area contributed by atoms with Gasteiger partial charge in [0.15, 0.2) is 0 Å². The van der Waals surface area contributed by atoms with Crippen LogP contribution in [0.2, 0.25) is 0 Å². The second-order valence-corrected chi connectivity index (χ2v) is 15.2. The second-order valence-electron chi connectivity index (χ2n) is 13.3. The molecule has 0 radical (unpaired) electrons. The number of hydrogen-bond acceptors (Lipinski definition) is 7.